The maximum Gasteiger partial charge on any atom is 0.0631 e. The summed E-state index contributed by atoms with van der Waals surface area (Å²) >= 11 is 1.91. The summed E-state index contributed by atoms with van der Waals surface area (Å²) in [4.78, 5) is 2.39. The molecule has 0 saturated heterocycles. The Morgan fingerprint density at radius 3 is 2.76 bits per heavy atom. The van der Waals surface area contributed by atoms with Crippen molar-refractivity contribution in [3.63, 3.8) is 0 Å². The lowest BCUT2D eigenvalue weighted by Gasteiger charge is -2.42. The van der Waals surface area contributed by atoms with Gasteiger partial charge in [-0.3, -0.25) is 0 Å². The summed E-state index contributed by atoms with van der Waals surface area (Å²) in [5.41, 5.74) is 0.114. The van der Waals surface area contributed by atoms with Gasteiger partial charge in [0.05, 0.1) is 6.10 Å². The molecule has 0 spiro atoms. The minimum atomic E-state index is -0.126. The van der Waals surface area contributed by atoms with Crippen LogP contribution >= 0.6 is 11.8 Å². The Kier molecular flexibility index (Phi) is 6.32. The molecule has 1 aliphatic rings. The molecule has 1 aliphatic carbocycles. The molecule has 2 unspecified atom stereocenters. The molecule has 0 bridgehead atoms. The van der Waals surface area contributed by atoms with E-state index < -0.39 is 0 Å². The minimum absolute atomic E-state index is 0.114. The maximum absolute atomic E-state index is 10.4. The number of aliphatic hydroxyl groups excluding tert-OH is 1. The Labute approximate surface area is 111 Å². The van der Waals surface area contributed by atoms with Crippen LogP contribution < -0.4 is 0 Å². The first-order chi connectivity index (χ1) is 7.97. The number of nitrogens with zero attached hydrogens (tertiary/aromatic N) is 1. The van der Waals surface area contributed by atoms with Crippen LogP contribution in [0.2, 0.25) is 0 Å². The van der Waals surface area contributed by atoms with Crippen molar-refractivity contribution in [3.05, 3.63) is 0 Å². The van der Waals surface area contributed by atoms with Crippen molar-refractivity contribution < 1.29 is 5.11 Å². The molecule has 1 fully saturated rings. The Balaban J connectivity index is 2.34. The smallest absolute Gasteiger partial charge is 0.0631 e. The van der Waals surface area contributed by atoms with Gasteiger partial charge >= 0.3 is 0 Å². The number of thioether (sulfide) groups is 1. The predicted molar refractivity (Wildman–Crippen MR) is 77.6 cm³/mol. The third-order valence-corrected chi connectivity index (χ3v) is 4.77. The maximum atomic E-state index is 10.4. The Morgan fingerprint density at radius 2 is 2.12 bits per heavy atom. The summed E-state index contributed by atoms with van der Waals surface area (Å²) < 4.78 is 0. The summed E-state index contributed by atoms with van der Waals surface area (Å²) in [6.07, 6.45) is 6.92. The van der Waals surface area contributed by atoms with E-state index in [0.717, 1.165) is 13.1 Å². The highest BCUT2D eigenvalue weighted by Crippen LogP contribution is 2.39. The second-order valence-electron chi connectivity index (χ2n) is 6.19. The molecule has 2 atom stereocenters. The molecule has 2 nitrogen and oxygen atoms in total. The molecule has 0 amide bonds. The molecule has 0 aromatic carbocycles. The van der Waals surface area contributed by atoms with Crippen molar-refractivity contribution in [1.82, 2.24) is 4.90 Å². The third kappa shape index (κ3) is 4.80. The van der Waals surface area contributed by atoms with Gasteiger partial charge in [0.25, 0.3) is 0 Å². The van der Waals surface area contributed by atoms with Crippen LogP contribution in [0.3, 0.4) is 0 Å². The van der Waals surface area contributed by atoms with Crippen molar-refractivity contribution in [2.45, 2.75) is 45.6 Å². The van der Waals surface area contributed by atoms with Crippen LogP contribution in [0.5, 0.6) is 0 Å². The van der Waals surface area contributed by atoms with E-state index in [1.807, 2.05) is 11.8 Å². The highest BCUT2D eigenvalue weighted by atomic mass is 32.2. The quantitative estimate of drug-likeness (QED) is 0.742. The molecule has 1 rings (SSSR count). The van der Waals surface area contributed by atoms with Crippen LogP contribution in [-0.4, -0.2) is 48.3 Å². The molecule has 102 valence electrons. The van der Waals surface area contributed by atoms with Gasteiger partial charge in [-0.25, -0.2) is 0 Å². The topological polar surface area (TPSA) is 23.5 Å². The summed E-state index contributed by atoms with van der Waals surface area (Å²) in [5, 5.41) is 10.4. The summed E-state index contributed by atoms with van der Waals surface area (Å²) in [6.45, 7) is 6.62. The van der Waals surface area contributed by atoms with Crippen LogP contribution in [0.25, 0.3) is 0 Å². The van der Waals surface area contributed by atoms with E-state index in [2.05, 4.69) is 32.1 Å². The second-order valence-corrected chi connectivity index (χ2v) is 7.18. The fraction of sp³-hybridized carbons (Fsp3) is 1.00. The fourth-order valence-electron chi connectivity index (χ4n) is 2.93. The minimum Gasteiger partial charge on any atom is -0.392 e. The van der Waals surface area contributed by atoms with E-state index in [9.17, 15) is 5.11 Å². The van der Waals surface area contributed by atoms with Crippen LogP contribution in [0.1, 0.15) is 39.5 Å². The zero-order chi connectivity index (χ0) is 12.9. The molecule has 17 heavy (non-hydrogen) atoms. The number of hydrogen-bond acceptors (Lipinski definition) is 3. The lowest BCUT2D eigenvalue weighted by Crippen LogP contribution is -2.44. The molecular weight excluding hydrogens is 230 g/mol. The highest BCUT2D eigenvalue weighted by molar-refractivity contribution is 7.98. The molecule has 1 saturated carbocycles. The normalized spacial score (nSPS) is 28.6. The lowest BCUT2D eigenvalue weighted by molar-refractivity contribution is -0.0408. The fourth-order valence-corrected chi connectivity index (χ4v) is 3.34. The highest BCUT2D eigenvalue weighted by Gasteiger charge is 2.37. The lowest BCUT2D eigenvalue weighted by atomic mass is 9.69. The molecule has 3 heteroatoms. The van der Waals surface area contributed by atoms with Gasteiger partial charge in [-0.2, -0.15) is 11.8 Å². The number of aliphatic hydroxyl groups is 1. The number of hydrogen-bond donors (Lipinski definition) is 1. The van der Waals surface area contributed by atoms with Crippen molar-refractivity contribution in [3.8, 4) is 0 Å². The predicted octanol–water partition coefficient (Wildman–Crippen LogP) is 2.86. The second kappa shape index (κ2) is 7.01. The van der Waals surface area contributed by atoms with E-state index in [1.165, 1.54) is 31.4 Å². The van der Waals surface area contributed by atoms with Gasteiger partial charge in [-0.05, 0) is 56.2 Å². The van der Waals surface area contributed by atoms with Crippen LogP contribution in [0.4, 0.5) is 0 Å². The van der Waals surface area contributed by atoms with E-state index in [4.69, 9.17) is 0 Å². The van der Waals surface area contributed by atoms with Crippen molar-refractivity contribution in [2.75, 3.05) is 32.1 Å². The molecule has 1 N–H and O–H groups in total. The van der Waals surface area contributed by atoms with E-state index in [0.29, 0.717) is 5.92 Å². The first-order valence-corrected chi connectivity index (χ1v) is 8.22. The van der Waals surface area contributed by atoms with Gasteiger partial charge in [0.2, 0.25) is 0 Å². The number of rotatable bonds is 6. The summed E-state index contributed by atoms with van der Waals surface area (Å²) in [5.74, 6) is 1.71. The van der Waals surface area contributed by atoms with Crippen molar-refractivity contribution >= 4 is 11.8 Å². The third-order valence-electron chi connectivity index (χ3n) is 4.08. The zero-order valence-electron chi connectivity index (χ0n) is 11.9. The average molecular weight is 259 g/mol. The van der Waals surface area contributed by atoms with Gasteiger partial charge < -0.3 is 10.0 Å². The van der Waals surface area contributed by atoms with Gasteiger partial charge in [-0.15, -0.1) is 0 Å². The Hall–Kier alpha value is 0.270. The van der Waals surface area contributed by atoms with E-state index in [-0.39, 0.29) is 11.5 Å². The van der Waals surface area contributed by atoms with Gasteiger partial charge in [0.1, 0.15) is 0 Å². The average Bonchev–Trinajstić information content (AvgIpc) is 2.25. The molecular formula is C14H29NOS. The monoisotopic (exact) mass is 259 g/mol. The molecule has 0 aliphatic heterocycles. The van der Waals surface area contributed by atoms with Crippen molar-refractivity contribution in [2.24, 2.45) is 11.3 Å². The van der Waals surface area contributed by atoms with E-state index >= 15 is 0 Å². The molecule has 0 aromatic rings. The largest absolute Gasteiger partial charge is 0.392 e. The summed E-state index contributed by atoms with van der Waals surface area (Å²) in [7, 11) is 2.19. The van der Waals surface area contributed by atoms with Crippen LogP contribution in [0.15, 0.2) is 0 Å². The van der Waals surface area contributed by atoms with Crippen LogP contribution in [-0.2, 0) is 0 Å². The first-order valence-electron chi connectivity index (χ1n) is 6.83. The summed E-state index contributed by atoms with van der Waals surface area (Å²) in [6, 6.07) is 0. The zero-order valence-corrected chi connectivity index (χ0v) is 12.7. The van der Waals surface area contributed by atoms with Crippen molar-refractivity contribution in [1.29, 1.82) is 0 Å². The van der Waals surface area contributed by atoms with E-state index in [1.54, 1.807) is 0 Å². The Bertz CT molecular complexity index is 220. The SMILES string of the molecule is CSCCCN(C)CC1CCCC(C)(C)C1O. The molecule has 0 heterocycles. The molecule has 0 aromatic heterocycles. The standard InChI is InChI=1S/C14H29NOS/c1-14(2)8-5-7-12(13(14)16)11-15(3)9-6-10-17-4/h12-13,16H,5-11H2,1-4H3. The Morgan fingerprint density at radius 1 is 1.41 bits per heavy atom. The van der Waals surface area contributed by atoms with Gasteiger partial charge in [-0.1, -0.05) is 20.3 Å². The van der Waals surface area contributed by atoms with Gasteiger partial charge in [0.15, 0.2) is 0 Å². The first kappa shape index (κ1) is 15.3. The van der Waals surface area contributed by atoms with Crippen LogP contribution in [0, 0.1) is 11.3 Å². The van der Waals surface area contributed by atoms with Gasteiger partial charge in [0, 0.05) is 6.54 Å². The molecule has 0 radical (unpaired) electrons.